The highest BCUT2D eigenvalue weighted by Gasteiger charge is 2.21. The van der Waals surface area contributed by atoms with Crippen LogP contribution in [0.3, 0.4) is 0 Å². The number of carbonyl (C=O) groups is 1. The second-order valence-electron chi connectivity index (χ2n) is 6.09. The van der Waals surface area contributed by atoms with Crippen LogP contribution in [0.5, 0.6) is 5.75 Å². The van der Waals surface area contributed by atoms with Crippen LogP contribution in [0.25, 0.3) is 0 Å². The van der Waals surface area contributed by atoms with Gasteiger partial charge in [0.2, 0.25) is 5.91 Å². The van der Waals surface area contributed by atoms with E-state index in [0.717, 1.165) is 35.0 Å². The van der Waals surface area contributed by atoms with Crippen LogP contribution < -0.4 is 10.1 Å². The fourth-order valence-corrected chi connectivity index (χ4v) is 3.35. The Hall–Kier alpha value is -2.04. The summed E-state index contributed by atoms with van der Waals surface area (Å²) in [5, 5.41) is 3.79. The zero-order valence-electron chi connectivity index (χ0n) is 15.7. The van der Waals surface area contributed by atoms with Gasteiger partial charge < -0.3 is 10.1 Å². The number of hydrogen-bond donors (Lipinski definition) is 1. The monoisotopic (exact) mass is 374 g/mol. The van der Waals surface area contributed by atoms with Crippen LogP contribution in [0, 0.1) is 0 Å². The summed E-state index contributed by atoms with van der Waals surface area (Å²) >= 11 is 6.40. The molecule has 0 saturated carbocycles. The molecule has 1 unspecified atom stereocenters. The molecule has 0 saturated heterocycles. The average molecular weight is 375 g/mol. The Morgan fingerprint density at radius 2 is 1.88 bits per heavy atom. The molecule has 0 aliphatic rings. The Kier molecular flexibility index (Phi) is 7.95. The third-order valence-corrected chi connectivity index (χ3v) is 4.85. The largest absolute Gasteiger partial charge is 0.497 e. The predicted molar refractivity (Wildman–Crippen MR) is 107 cm³/mol. The van der Waals surface area contributed by atoms with Crippen molar-refractivity contribution in [2.24, 2.45) is 0 Å². The number of nitrogens with zero attached hydrogens (tertiary/aromatic N) is 1. The molecule has 140 valence electrons. The maximum Gasteiger partial charge on any atom is 0.224 e. The van der Waals surface area contributed by atoms with Crippen LogP contribution in [0.4, 0.5) is 0 Å². The van der Waals surface area contributed by atoms with Gasteiger partial charge in [-0.05, 0) is 42.4 Å². The molecule has 2 aromatic carbocycles. The highest BCUT2D eigenvalue weighted by molar-refractivity contribution is 6.31. The maximum absolute atomic E-state index is 12.4. The fraction of sp³-hybridized carbons (Fsp3) is 0.381. The van der Waals surface area contributed by atoms with Crippen molar-refractivity contribution in [1.82, 2.24) is 10.2 Å². The highest BCUT2D eigenvalue weighted by Crippen LogP contribution is 2.27. The van der Waals surface area contributed by atoms with Crippen molar-refractivity contribution >= 4 is 17.5 Å². The average Bonchev–Trinajstić information content (AvgIpc) is 2.66. The minimum atomic E-state index is -0.0116. The maximum atomic E-state index is 12.4. The van der Waals surface area contributed by atoms with Crippen molar-refractivity contribution < 1.29 is 9.53 Å². The molecule has 5 heteroatoms. The molecule has 0 aromatic heterocycles. The molecule has 0 aliphatic heterocycles. The number of likely N-dealkylation sites (N-methyl/N-ethyl adjacent to an activating group) is 1. The molecule has 1 N–H and O–H groups in total. The number of ether oxygens (including phenoxy) is 1. The first-order valence-corrected chi connectivity index (χ1v) is 9.34. The normalized spacial score (nSPS) is 12.0. The molecule has 0 heterocycles. The van der Waals surface area contributed by atoms with E-state index in [4.69, 9.17) is 16.3 Å². The topological polar surface area (TPSA) is 41.6 Å². The number of carbonyl (C=O) groups excluding carboxylic acids is 1. The number of halogens is 1. The first kappa shape index (κ1) is 20.3. The van der Waals surface area contributed by atoms with E-state index in [1.165, 1.54) is 0 Å². The highest BCUT2D eigenvalue weighted by atomic mass is 35.5. The molecule has 1 amide bonds. The summed E-state index contributed by atoms with van der Waals surface area (Å²) in [5.74, 6) is 0.745. The summed E-state index contributed by atoms with van der Waals surface area (Å²) in [6, 6.07) is 15.5. The van der Waals surface area contributed by atoms with Crippen LogP contribution in [0.1, 0.15) is 31.0 Å². The van der Waals surface area contributed by atoms with Crippen molar-refractivity contribution in [2.75, 3.05) is 26.7 Å². The van der Waals surface area contributed by atoms with Gasteiger partial charge in [-0.2, -0.15) is 0 Å². The number of benzene rings is 2. The Bertz CT molecular complexity index is 717. The second-order valence-corrected chi connectivity index (χ2v) is 6.50. The van der Waals surface area contributed by atoms with Gasteiger partial charge in [0, 0.05) is 11.6 Å². The third kappa shape index (κ3) is 5.48. The lowest BCUT2D eigenvalue weighted by molar-refractivity contribution is -0.120. The smallest absolute Gasteiger partial charge is 0.224 e. The molecule has 4 nitrogen and oxygen atoms in total. The van der Waals surface area contributed by atoms with E-state index in [-0.39, 0.29) is 11.9 Å². The molecule has 0 spiro atoms. The van der Waals surface area contributed by atoms with Crippen LogP contribution >= 0.6 is 11.6 Å². The molecule has 0 fully saturated rings. The second kappa shape index (κ2) is 10.2. The van der Waals surface area contributed by atoms with Gasteiger partial charge in [0.25, 0.3) is 0 Å². The van der Waals surface area contributed by atoms with Gasteiger partial charge in [-0.25, -0.2) is 0 Å². The van der Waals surface area contributed by atoms with Crippen molar-refractivity contribution in [2.45, 2.75) is 26.3 Å². The summed E-state index contributed by atoms with van der Waals surface area (Å²) in [6.45, 7) is 6.53. The van der Waals surface area contributed by atoms with Crippen molar-refractivity contribution in [3.05, 3.63) is 64.7 Å². The minimum Gasteiger partial charge on any atom is -0.497 e. The van der Waals surface area contributed by atoms with Gasteiger partial charge >= 0.3 is 0 Å². The lowest BCUT2D eigenvalue weighted by Crippen LogP contribution is -2.38. The zero-order chi connectivity index (χ0) is 18.9. The van der Waals surface area contributed by atoms with E-state index in [9.17, 15) is 4.79 Å². The first-order valence-electron chi connectivity index (χ1n) is 8.97. The van der Waals surface area contributed by atoms with E-state index in [1.807, 2.05) is 48.5 Å². The van der Waals surface area contributed by atoms with Gasteiger partial charge in [-0.15, -0.1) is 0 Å². The fourth-order valence-electron chi connectivity index (χ4n) is 3.09. The Morgan fingerprint density at radius 1 is 1.15 bits per heavy atom. The van der Waals surface area contributed by atoms with E-state index in [1.54, 1.807) is 7.11 Å². The number of rotatable bonds is 9. The summed E-state index contributed by atoms with van der Waals surface area (Å²) in [5.41, 5.74) is 1.97. The van der Waals surface area contributed by atoms with Crippen molar-refractivity contribution in [1.29, 1.82) is 0 Å². The molecule has 26 heavy (non-hydrogen) atoms. The van der Waals surface area contributed by atoms with Crippen LogP contribution in [0.2, 0.25) is 5.02 Å². The molecule has 1 atom stereocenters. The molecule has 0 bridgehead atoms. The quantitative estimate of drug-likeness (QED) is 0.718. The zero-order valence-corrected chi connectivity index (χ0v) is 16.4. The van der Waals surface area contributed by atoms with Crippen LogP contribution in [-0.2, 0) is 11.2 Å². The number of hydrogen-bond acceptors (Lipinski definition) is 3. The van der Waals surface area contributed by atoms with Gasteiger partial charge in [0.05, 0.1) is 19.6 Å². The number of nitrogens with one attached hydrogen (secondary N) is 1. The van der Waals surface area contributed by atoms with Gasteiger partial charge in [0.1, 0.15) is 5.75 Å². The summed E-state index contributed by atoms with van der Waals surface area (Å²) in [4.78, 5) is 14.7. The number of methoxy groups -OCH3 is 1. The first-order chi connectivity index (χ1) is 12.6. The molecule has 0 aliphatic carbocycles. The van der Waals surface area contributed by atoms with Gasteiger partial charge in [-0.1, -0.05) is 55.8 Å². The van der Waals surface area contributed by atoms with E-state index in [2.05, 4.69) is 24.1 Å². The Morgan fingerprint density at radius 3 is 2.54 bits per heavy atom. The number of amides is 1. The molecule has 2 rings (SSSR count). The predicted octanol–water partition coefficient (Wildman–Crippen LogP) is 4.09. The molecular formula is C21H27ClN2O2. The van der Waals surface area contributed by atoms with E-state index in [0.29, 0.717) is 13.0 Å². The van der Waals surface area contributed by atoms with Crippen molar-refractivity contribution in [3.63, 3.8) is 0 Å². The Balaban J connectivity index is 2.06. The van der Waals surface area contributed by atoms with Crippen LogP contribution in [-0.4, -0.2) is 37.6 Å². The summed E-state index contributed by atoms with van der Waals surface area (Å²) < 4.78 is 5.21. The molecule has 2 aromatic rings. The van der Waals surface area contributed by atoms with Gasteiger partial charge in [0.15, 0.2) is 0 Å². The standard InChI is InChI=1S/C21H27ClN2O2/c1-4-24(5-2)20(18-11-6-7-12-19(18)22)15-23-21(25)14-16-9-8-10-17(13-16)26-3/h6-13,20H,4-5,14-15H2,1-3H3,(H,23,25). The van der Waals surface area contributed by atoms with Gasteiger partial charge in [-0.3, -0.25) is 9.69 Å². The van der Waals surface area contributed by atoms with E-state index < -0.39 is 0 Å². The summed E-state index contributed by atoms with van der Waals surface area (Å²) in [6.07, 6.45) is 0.324. The molecular weight excluding hydrogens is 348 g/mol. The van der Waals surface area contributed by atoms with E-state index >= 15 is 0 Å². The third-order valence-electron chi connectivity index (χ3n) is 4.51. The minimum absolute atomic E-state index is 0.0116. The molecule has 0 radical (unpaired) electrons. The lowest BCUT2D eigenvalue weighted by Gasteiger charge is -2.31. The van der Waals surface area contributed by atoms with Crippen molar-refractivity contribution in [3.8, 4) is 5.75 Å². The SMILES string of the molecule is CCN(CC)C(CNC(=O)Cc1cccc(OC)c1)c1ccccc1Cl. The Labute approximate surface area is 161 Å². The summed E-state index contributed by atoms with van der Waals surface area (Å²) in [7, 11) is 1.62. The van der Waals surface area contributed by atoms with Crippen LogP contribution in [0.15, 0.2) is 48.5 Å². The lowest BCUT2D eigenvalue weighted by atomic mass is 10.0.